The van der Waals surface area contributed by atoms with Gasteiger partial charge in [0.2, 0.25) is 0 Å². The van der Waals surface area contributed by atoms with Gasteiger partial charge in [-0.1, -0.05) is 36.8 Å². The molecule has 1 aromatic carbocycles. The third kappa shape index (κ3) is 5.45. The van der Waals surface area contributed by atoms with Crippen molar-refractivity contribution in [3.63, 3.8) is 0 Å². The number of nitrogens with one attached hydrogen (secondary N) is 1. The minimum Gasteiger partial charge on any atom is -0.337 e. The second-order valence-corrected chi connectivity index (χ2v) is 9.53. The van der Waals surface area contributed by atoms with E-state index in [0.717, 1.165) is 25.2 Å². The fraction of sp³-hybridized carbons (Fsp3) is 0.632. The molecule has 1 aromatic rings. The van der Waals surface area contributed by atoms with Gasteiger partial charge in [0.15, 0.2) is 9.84 Å². The Morgan fingerprint density at radius 2 is 1.88 bits per heavy atom. The van der Waals surface area contributed by atoms with Gasteiger partial charge >= 0.3 is 6.03 Å². The predicted octanol–water partition coefficient (Wildman–Crippen LogP) is 1.87. The molecule has 7 heteroatoms. The Balaban J connectivity index is 1.59. The van der Waals surface area contributed by atoms with Crippen LogP contribution in [0.5, 0.6) is 0 Å². The maximum atomic E-state index is 12.8. The highest BCUT2D eigenvalue weighted by Gasteiger charge is 2.34. The molecule has 1 atom stereocenters. The van der Waals surface area contributed by atoms with E-state index in [-0.39, 0.29) is 23.6 Å². The molecule has 6 nitrogen and oxygen atoms in total. The number of amides is 2. The van der Waals surface area contributed by atoms with E-state index < -0.39 is 9.84 Å². The van der Waals surface area contributed by atoms with E-state index in [4.69, 9.17) is 0 Å². The van der Waals surface area contributed by atoms with Crippen LogP contribution in [0.15, 0.2) is 30.3 Å². The maximum absolute atomic E-state index is 12.8. The van der Waals surface area contributed by atoms with E-state index in [0.29, 0.717) is 19.5 Å². The molecule has 26 heavy (non-hydrogen) atoms. The topological polar surface area (TPSA) is 69.7 Å². The van der Waals surface area contributed by atoms with Crippen molar-refractivity contribution in [2.45, 2.75) is 38.3 Å². The van der Waals surface area contributed by atoms with Crippen LogP contribution in [0, 0.1) is 0 Å². The van der Waals surface area contributed by atoms with Crippen LogP contribution in [-0.4, -0.2) is 68.0 Å². The highest BCUT2D eigenvalue weighted by atomic mass is 32.2. The second kappa shape index (κ2) is 8.86. The first-order valence-corrected chi connectivity index (χ1v) is 11.4. The van der Waals surface area contributed by atoms with Crippen molar-refractivity contribution < 1.29 is 13.2 Å². The van der Waals surface area contributed by atoms with Gasteiger partial charge in [0.1, 0.15) is 0 Å². The van der Waals surface area contributed by atoms with E-state index in [9.17, 15) is 13.2 Å². The summed E-state index contributed by atoms with van der Waals surface area (Å²) in [5, 5.41) is 3.01. The average molecular weight is 380 g/mol. The molecule has 2 amide bonds. The van der Waals surface area contributed by atoms with Gasteiger partial charge in [-0.25, -0.2) is 13.2 Å². The summed E-state index contributed by atoms with van der Waals surface area (Å²) in [6, 6.07) is 9.35. The Kier molecular flexibility index (Phi) is 6.53. The summed E-state index contributed by atoms with van der Waals surface area (Å²) >= 11 is 0. The summed E-state index contributed by atoms with van der Waals surface area (Å²) < 4.78 is 23.8. The molecule has 0 unspecified atom stereocenters. The number of hydrogen-bond acceptors (Lipinski definition) is 4. The SMILES string of the molecule is O=C(NCCN1CCCCC1)N(Cc1ccccc1)[C@@H]1CCS(=O)(=O)C1. The van der Waals surface area contributed by atoms with Crippen molar-refractivity contribution in [2.24, 2.45) is 0 Å². The zero-order valence-electron chi connectivity index (χ0n) is 15.3. The first-order chi connectivity index (χ1) is 12.5. The van der Waals surface area contributed by atoms with E-state index in [1.54, 1.807) is 4.90 Å². The summed E-state index contributed by atoms with van der Waals surface area (Å²) in [5.41, 5.74) is 1.02. The monoisotopic (exact) mass is 379 g/mol. The molecule has 0 radical (unpaired) electrons. The Morgan fingerprint density at radius 1 is 1.15 bits per heavy atom. The van der Waals surface area contributed by atoms with Gasteiger partial charge in [0.25, 0.3) is 0 Å². The van der Waals surface area contributed by atoms with Crippen LogP contribution in [0.1, 0.15) is 31.2 Å². The van der Waals surface area contributed by atoms with Crippen LogP contribution >= 0.6 is 0 Å². The molecule has 0 spiro atoms. The van der Waals surface area contributed by atoms with Gasteiger partial charge in [0, 0.05) is 25.7 Å². The third-order valence-electron chi connectivity index (χ3n) is 5.26. The number of hydrogen-bond donors (Lipinski definition) is 1. The Bertz CT molecular complexity index is 687. The number of benzene rings is 1. The van der Waals surface area contributed by atoms with Crippen molar-refractivity contribution >= 4 is 15.9 Å². The summed E-state index contributed by atoms with van der Waals surface area (Å²) in [6.07, 6.45) is 4.28. The Hall–Kier alpha value is -1.60. The molecule has 2 aliphatic rings. The van der Waals surface area contributed by atoms with Crippen LogP contribution < -0.4 is 5.32 Å². The summed E-state index contributed by atoms with van der Waals surface area (Å²) in [5.74, 6) is 0.239. The summed E-state index contributed by atoms with van der Waals surface area (Å²) in [7, 11) is -3.03. The Labute approximate surface area is 156 Å². The van der Waals surface area contributed by atoms with Crippen LogP contribution in [0.25, 0.3) is 0 Å². The molecule has 2 aliphatic heterocycles. The van der Waals surface area contributed by atoms with Crippen LogP contribution in [0.4, 0.5) is 4.79 Å². The zero-order valence-corrected chi connectivity index (χ0v) is 16.1. The average Bonchev–Trinajstić information content (AvgIpc) is 3.01. The fourth-order valence-corrected chi connectivity index (χ4v) is 5.50. The van der Waals surface area contributed by atoms with Crippen LogP contribution in [-0.2, 0) is 16.4 Å². The van der Waals surface area contributed by atoms with E-state index in [1.807, 2.05) is 30.3 Å². The van der Waals surface area contributed by atoms with Crippen molar-refractivity contribution in [1.82, 2.24) is 15.1 Å². The molecular weight excluding hydrogens is 350 g/mol. The lowest BCUT2D eigenvalue weighted by Gasteiger charge is -2.30. The van der Waals surface area contributed by atoms with Gasteiger partial charge in [-0.3, -0.25) is 0 Å². The van der Waals surface area contributed by atoms with E-state index >= 15 is 0 Å². The standard InChI is InChI=1S/C19H29N3O3S/c23-19(20-10-13-21-11-5-2-6-12-21)22(15-17-7-3-1-4-8-17)18-9-14-26(24,25)16-18/h1,3-4,7-8,18H,2,5-6,9-16H2,(H,20,23)/t18-/m1/s1. The molecule has 0 bridgehead atoms. The fourth-order valence-electron chi connectivity index (χ4n) is 3.77. The number of carbonyl (C=O) groups excluding carboxylic acids is 1. The number of nitrogens with zero attached hydrogens (tertiary/aromatic N) is 2. The lowest BCUT2D eigenvalue weighted by atomic mass is 10.1. The molecule has 1 N–H and O–H groups in total. The highest BCUT2D eigenvalue weighted by Crippen LogP contribution is 2.20. The number of urea groups is 1. The molecule has 0 aromatic heterocycles. The summed E-state index contributed by atoms with van der Waals surface area (Å²) in [6.45, 7) is 4.10. The van der Waals surface area contributed by atoms with Gasteiger partial charge in [-0.15, -0.1) is 0 Å². The van der Waals surface area contributed by atoms with Crippen molar-refractivity contribution in [1.29, 1.82) is 0 Å². The quantitative estimate of drug-likeness (QED) is 0.819. The van der Waals surface area contributed by atoms with E-state index in [2.05, 4.69) is 10.2 Å². The highest BCUT2D eigenvalue weighted by molar-refractivity contribution is 7.91. The van der Waals surface area contributed by atoms with E-state index in [1.165, 1.54) is 19.3 Å². The molecular formula is C19H29N3O3S. The number of rotatable bonds is 6. The Morgan fingerprint density at radius 3 is 2.54 bits per heavy atom. The van der Waals surface area contributed by atoms with Crippen molar-refractivity contribution in [3.8, 4) is 0 Å². The van der Waals surface area contributed by atoms with Crippen LogP contribution in [0.2, 0.25) is 0 Å². The molecule has 0 aliphatic carbocycles. The second-order valence-electron chi connectivity index (χ2n) is 7.30. The smallest absolute Gasteiger partial charge is 0.318 e. The van der Waals surface area contributed by atoms with Gasteiger partial charge in [-0.05, 0) is 37.9 Å². The molecule has 3 rings (SSSR count). The lowest BCUT2D eigenvalue weighted by Crippen LogP contribution is -2.48. The third-order valence-corrected chi connectivity index (χ3v) is 7.01. The first-order valence-electron chi connectivity index (χ1n) is 9.55. The van der Waals surface area contributed by atoms with Gasteiger partial charge < -0.3 is 15.1 Å². The lowest BCUT2D eigenvalue weighted by molar-refractivity contribution is 0.172. The maximum Gasteiger partial charge on any atom is 0.318 e. The minimum absolute atomic E-state index is 0.0688. The molecule has 144 valence electrons. The number of likely N-dealkylation sites (tertiary alicyclic amines) is 1. The van der Waals surface area contributed by atoms with Crippen LogP contribution in [0.3, 0.4) is 0 Å². The van der Waals surface area contributed by atoms with Crippen molar-refractivity contribution in [2.75, 3.05) is 37.7 Å². The molecule has 2 saturated heterocycles. The van der Waals surface area contributed by atoms with Gasteiger partial charge in [0.05, 0.1) is 11.5 Å². The summed E-state index contributed by atoms with van der Waals surface area (Å²) in [4.78, 5) is 16.9. The predicted molar refractivity (Wildman–Crippen MR) is 103 cm³/mol. The number of sulfone groups is 1. The molecule has 2 heterocycles. The molecule has 0 saturated carbocycles. The number of carbonyl (C=O) groups is 1. The zero-order chi connectivity index (χ0) is 18.4. The normalized spacial score (nSPS) is 22.8. The first kappa shape index (κ1) is 19.2. The van der Waals surface area contributed by atoms with Gasteiger partial charge in [-0.2, -0.15) is 0 Å². The number of piperidine rings is 1. The minimum atomic E-state index is -3.03. The largest absolute Gasteiger partial charge is 0.337 e. The molecule has 2 fully saturated rings. The van der Waals surface area contributed by atoms with Crippen molar-refractivity contribution in [3.05, 3.63) is 35.9 Å².